The minimum absolute atomic E-state index is 0.105. The lowest BCUT2D eigenvalue weighted by atomic mass is 9.95. The summed E-state index contributed by atoms with van der Waals surface area (Å²) in [5, 5.41) is 10.8. The monoisotopic (exact) mass is 271 g/mol. The predicted octanol–water partition coefficient (Wildman–Crippen LogP) is 1.63. The van der Waals surface area contributed by atoms with Gasteiger partial charge in [-0.25, -0.2) is 13.6 Å². The molecular formula is C12H11F2NO4. The molecule has 1 aromatic rings. The third-order valence-corrected chi connectivity index (χ3v) is 2.81. The Morgan fingerprint density at radius 2 is 2.16 bits per heavy atom. The van der Waals surface area contributed by atoms with E-state index in [-0.39, 0.29) is 24.4 Å². The third-order valence-electron chi connectivity index (χ3n) is 2.81. The average Bonchev–Trinajstić information content (AvgIpc) is 2.32. The number of ether oxygens (including phenoxy) is 1. The van der Waals surface area contributed by atoms with Gasteiger partial charge in [0.1, 0.15) is 24.3 Å². The average molecular weight is 271 g/mol. The summed E-state index contributed by atoms with van der Waals surface area (Å²) >= 11 is 0. The Morgan fingerprint density at radius 3 is 2.84 bits per heavy atom. The molecule has 1 heterocycles. The highest BCUT2D eigenvalue weighted by atomic mass is 19.1. The van der Waals surface area contributed by atoms with Crippen molar-refractivity contribution >= 4 is 11.9 Å². The fraction of sp³-hybridized carbons (Fsp3) is 0.333. The van der Waals surface area contributed by atoms with Gasteiger partial charge < -0.3 is 15.2 Å². The van der Waals surface area contributed by atoms with E-state index >= 15 is 0 Å². The van der Waals surface area contributed by atoms with E-state index in [2.05, 4.69) is 5.32 Å². The van der Waals surface area contributed by atoms with Gasteiger partial charge in [0.2, 0.25) is 0 Å². The quantitative estimate of drug-likeness (QED) is 0.857. The SMILES string of the molecule is O=C1CO[C@H](c2cc(F)ccc2F)C(NC(=O)O)C1. The highest BCUT2D eigenvalue weighted by Gasteiger charge is 2.34. The van der Waals surface area contributed by atoms with Crippen LogP contribution < -0.4 is 5.32 Å². The molecule has 1 unspecified atom stereocenters. The van der Waals surface area contributed by atoms with Crippen LogP contribution in [0, 0.1) is 11.6 Å². The highest BCUT2D eigenvalue weighted by Crippen LogP contribution is 2.29. The van der Waals surface area contributed by atoms with Gasteiger partial charge in [-0.05, 0) is 18.2 Å². The Kier molecular flexibility index (Phi) is 3.75. The summed E-state index contributed by atoms with van der Waals surface area (Å²) in [7, 11) is 0. The molecule has 1 saturated heterocycles. The maximum atomic E-state index is 13.7. The third kappa shape index (κ3) is 3.05. The lowest BCUT2D eigenvalue weighted by molar-refractivity contribution is -0.133. The Hall–Kier alpha value is -2.02. The number of Topliss-reactive ketones (excluding diaryl/α,β-unsaturated/α-hetero) is 1. The molecule has 2 rings (SSSR count). The number of nitrogens with one attached hydrogen (secondary N) is 1. The lowest BCUT2D eigenvalue weighted by Crippen LogP contribution is -2.45. The first kappa shape index (κ1) is 13.4. The number of rotatable bonds is 2. The van der Waals surface area contributed by atoms with Crippen molar-refractivity contribution in [2.24, 2.45) is 0 Å². The number of halogens is 2. The summed E-state index contributed by atoms with van der Waals surface area (Å²) in [6, 6.07) is 1.89. The summed E-state index contributed by atoms with van der Waals surface area (Å²) in [4.78, 5) is 21.9. The first-order chi connectivity index (χ1) is 8.97. The first-order valence-electron chi connectivity index (χ1n) is 5.55. The van der Waals surface area contributed by atoms with Crippen LogP contribution in [-0.2, 0) is 9.53 Å². The molecule has 0 bridgehead atoms. The summed E-state index contributed by atoms with van der Waals surface area (Å²) in [6.07, 6.45) is -2.50. The van der Waals surface area contributed by atoms with Gasteiger partial charge in [0.25, 0.3) is 0 Å². The largest absolute Gasteiger partial charge is 0.465 e. The minimum Gasteiger partial charge on any atom is -0.465 e. The predicted molar refractivity (Wildman–Crippen MR) is 59.6 cm³/mol. The molecule has 102 valence electrons. The van der Waals surface area contributed by atoms with Crippen LogP contribution in [-0.4, -0.2) is 29.6 Å². The number of amides is 1. The van der Waals surface area contributed by atoms with Crippen molar-refractivity contribution in [3.8, 4) is 0 Å². The van der Waals surface area contributed by atoms with Crippen LogP contribution in [0.3, 0.4) is 0 Å². The van der Waals surface area contributed by atoms with E-state index < -0.39 is 29.9 Å². The van der Waals surface area contributed by atoms with E-state index in [1.54, 1.807) is 0 Å². The maximum Gasteiger partial charge on any atom is 0.404 e. The van der Waals surface area contributed by atoms with E-state index in [1.165, 1.54) is 0 Å². The second kappa shape index (κ2) is 5.31. The zero-order chi connectivity index (χ0) is 14.0. The Morgan fingerprint density at radius 1 is 1.42 bits per heavy atom. The Bertz CT molecular complexity index is 518. The van der Waals surface area contributed by atoms with Crippen LogP contribution in [0.25, 0.3) is 0 Å². The minimum atomic E-state index is -1.36. The molecule has 0 aromatic heterocycles. The number of carboxylic acid groups (broad SMARTS) is 1. The lowest BCUT2D eigenvalue weighted by Gasteiger charge is -2.31. The second-order valence-electron chi connectivity index (χ2n) is 4.20. The number of ketones is 1. The summed E-state index contributed by atoms with van der Waals surface area (Å²) in [5.74, 6) is -1.67. The number of hydrogen-bond donors (Lipinski definition) is 2. The van der Waals surface area contributed by atoms with Gasteiger partial charge in [0, 0.05) is 12.0 Å². The molecule has 2 N–H and O–H groups in total. The van der Waals surface area contributed by atoms with Crippen molar-refractivity contribution in [3.05, 3.63) is 35.4 Å². The molecule has 0 aliphatic carbocycles. The van der Waals surface area contributed by atoms with Crippen molar-refractivity contribution in [2.75, 3.05) is 6.61 Å². The van der Waals surface area contributed by atoms with Crippen molar-refractivity contribution in [2.45, 2.75) is 18.6 Å². The molecule has 19 heavy (non-hydrogen) atoms. The molecule has 7 heteroatoms. The van der Waals surface area contributed by atoms with Gasteiger partial charge in [-0.1, -0.05) is 0 Å². The van der Waals surface area contributed by atoms with Crippen LogP contribution in [0.4, 0.5) is 13.6 Å². The van der Waals surface area contributed by atoms with Gasteiger partial charge in [0.15, 0.2) is 5.78 Å². The van der Waals surface area contributed by atoms with Gasteiger partial charge in [-0.15, -0.1) is 0 Å². The zero-order valence-corrected chi connectivity index (χ0v) is 9.73. The molecule has 1 fully saturated rings. The number of carbonyl (C=O) groups is 2. The van der Waals surface area contributed by atoms with Gasteiger partial charge in [-0.3, -0.25) is 4.79 Å². The van der Waals surface area contributed by atoms with Crippen molar-refractivity contribution in [3.63, 3.8) is 0 Å². The second-order valence-corrected chi connectivity index (χ2v) is 4.20. The number of carbonyl (C=O) groups excluding carboxylic acids is 1. The molecule has 1 amide bonds. The molecular weight excluding hydrogens is 260 g/mol. The van der Waals surface area contributed by atoms with Crippen LogP contribution in [0.1, 0.15) is 18.1 Å². The summed E-state index contributed by atoms with van der Waals surface area (Å²) in [5.41, 5.74) is -0.105. The summed E-state index contributed by atoms with van der Waals surface area (Å²) < 4.78 is 31.9. The van der Waals surface area contributed by atoms with E-state index in [0.717, 1.165) is 18.2 Å². The molecule has 1 aliphatic heterocycles. The van der Waals surface area contributed by atoms with E-state index in [1.807, 2.05) is 0 Å². The van der Waals surface area contributed by atoms with Crippen LogP contribution in [0.15, 0.2) is 18.2 Å². The van der Waals surface area contributed by atoms with Crippen LogP contribution in [0.5, 0.6) is 0 Å². The topological polar surface area (TPSA) is 75.6 Å². The Balaban J connectivity index is 2.31. The molecule has 0 saturated carbocycles. The highest BCUT2D eigenvalue weighted by molar-refractivity contribution is 5.81. The molecule has 1 aliphatic rings. The zero-order valence-electron chi connectivity index (χ0n) is 9.73. The number of hydrogen-bond acceptors (Lipinski definition) is 3. The van der Waals surface area contributed by atoms with E-state index in [9.17, 15) is 18.4 Å². The van der Waals surface area contributed by atoms with Gasteiger partial charge >= 0.3 is 6.09 Å². The van der Waals surface area contributed by atoms with Gasteiger partial charge in [-0.2, -0.15) is 0 Å². The smallest absolute Gasteiger partial charge is 0.404 e. The summed E-state index contributed by atoms with van der Waals surface area (Å²) in [6.45, 7) is -0.252. The standard InChI is InChI=1S/C12H11F2NO4/c13-6-1-2-9(14)8(3-6)11-10(15-12(17)18)4-7(16)5-19-11/h1-3,10-11,15H,4-5H2,(H,17,18)/t10?,11-/m1/s1. The fourth-order valence-electron chi connectivity index (χ4n) is 2.03. The van der Waals surface area contributed by atoms with Crippen LogP contribution >= 0.6 is 0 Å². The van der Waals surface area contributed by atoms with E-state index in [4.69, 9.17) is 9.84 Å². The molecule has 1 aromatic carbocycles. The van der Waals surface area contributed by atoms with Crippen molar-refractivity contribution in [1.29, 1.82) is 0 Å². The molecule has 2 atom stereocenters. The maximum absolute atomic E-state index is 13.7. The molecule has 5 nitrogen and oxygen atoms in total. The van der Waals surface area contributed by atoms with E-state index in [0.29, 0.717) is 0 Å². The molecule has 0 spiro atoms. The normalized spacial score (nSPS) is 23.2. The van der Waals surface area contributed by atoms with Crippen molar-refractivity contribution < 1.29 is 28.2 Å². The van der Waals surface area contributed by atoms with Gasteiger partial charge in [0.05, 0.1) is 6.04 Å². The fourth-order valence-corrected chi connectivity index (χ4v) is 2.03. The molecule has 0 radical (unpaired) electrons. The Labute approximate surface area is 107 Å². The van der Waals surface area contributed by atoms with Crippen molar-refractivity contribution in [1.82, 2.24) is 5.32 Å². The number of benzene rings is 1. The first-order valence-corrected chi connectivity index (χ1v) is 5.55. The van der Waals surface area contributed by atoms with Crippen LogP contribution in [0.2, 0.25) is 0 Å².